The van der Waals surface area contributed by atoms with Crippen molar-refractivity contribution in [2.45, 2.75) is 142 Å². The summed E-state index contributed by atoms with van der Waals surface area (Å²) in [5.41, 5.74) is 0.740. The van der Waals surface area contributed by atoms with Gasteiger partial charge in [-0.3, -0.25) is 0 Å². The van der Waals surface area contributed by atoms with Gasteiger partial charge >= 0.3 is 0 Å². The summed E-state index contributed by atoms with van der Waals surface area (Å²) in [7, 11) is 0. The van der Waals surface area contributed by atoms with Gasteiger partial charge in [-0.25, -0.2) is 0 Å². The molecule has 0 N–H and O–H groups in total. The molecule has 0 amide bonds. The third kappa shape index (κ3) is 3.16. The molecule has 188 valence electrons. The van der Waals surface area contributed by atoms with Gasteiger partial charge in [0.15, 0.2) is 5.79 Å². The van der Waals surface area contributed by atoms with E-state index in [2.05, 4.69) is 48.5 Å². The van der Waals surface area contributed by atoms with E-state index in [4.69, 9.17) is 14.2 Å². The first kappa shape index (κ1) is 23.3. The number of hydrogen-bond donors (Lipinski definition) is 0. The summed E-state index contributed by atoms with van der Waals surface area (Å²) >= 11 is 0. The number of fused-ring (bicyclic) bond motifs is 5. The summed E-state index contributed by atoms with van der Waals surface area (Å²) in [6.07, 6.45) is 14.5. The summed E-state index contributed by atoms with van der Waals surface area (Å²) in [5.74, 6) is 4.76. The van der Waals surface area contributed by atoms with Gasteiger partial charge in [0.25, 0.3) is 0 Å². The minimum Gasteiger partial charge on any atom is -0.362 e. The van der Waals surface area contributed by atoms with E-state index < -0.39 is 5.79 Å². The van der Waals surface area contributed by atoms with E-state index in [1.165, 1.54) is 57.8 Å². The molecular weight excluding hydrogens is 408 g/mol. The lowest BCUT2D eigenvalue weighted by atomic mass is 9.44. The zero-order valence-electron chi connectivity index (χ0n) is 22.5. The van der Waals surface area contributed by atoms with Crippen LogP contribution in [0.3, 0.4) is 0 Å². The zero-order chi connectivity index (χ0) is 23.4. The summed E-state index contributed by atoms with van der Waals surface area (Å²) in [4.78, 5) is 0. The molecule has 11 atom stereocenters. The van der Waals surface area contributed by atoms with E-state index in [0.29, 0.717) is 11.5 Å². The normalized spacial score (nSPS) is 54.7. The van der Waals surface area contributed by atoms with Crippen LogP contribution in [-0.2, 0) is 14.2 Å². The van der Waals surface area contributed by atoms with Crippen molar-refractivity contribution in [3.8, 4) is 0 Å². The molecule has 3 heteroatoms. The van der Waals surface area contributed by atoms with Gasteiger partial charge in [0, 0.05) is 5.41 Å². The van der Waals surface area contributed by atoms with Gasteiger partial charge in [-0.15, -0.1) is 0 Å². The first-order valence-corrected chi connectivity index (χ1v) is 14.6. The maximum atomic E-state index is 6.80. The molecule has 0 unspecified atom stereocenters. The molecule has 6 fully saturated rings. The molecule has 6 rings (SSSR count). The maximum absolute atomic E-state index is 6.80. The predicted molar refractivity (Wildman–Crippen MR) is 132 cm³/mol. The van der Waals surface area contributed by atoms with Crippen molar-refractivity contribution in [3.05, 3.63) is 0 Å². The van der Waals surface area contributed by atoms with E-state index in [1.54, 1.807) is 0 Å². The van der Waals surface area contributed by atoms with E-state index >= 15 is 0 Å². The molecule has 6 aliphatic rings. The Morgan fingerprint density at radius 2 is 1.61 bits per heavy atom. The number of rotatable bonds is 5. The third-order valence-corrected chi connectivity index (χ3v) is 12.1. The maximum Gasteiger partial charge on any atom is 0.163 e. The van der Waals surface area contributed by atoms with E-state index in [1.807, 2.05) is 0 Å². The Balaban J connectivity index is 1.22. The molecule has 1 spiro atoms. The average Bonchev–Trinajstić information content (AvgIpc) is 3.21. The highest BCUT2D eigenvalue weighted by Crippen LogP contribution is 2.75. The van der Waals surface area contributed by atoms with Crippen LogP contribution in [0.1, 0.15) is 113 Å². The molecule has 4 aliphatic carbocycles. The number of epoxide rings is 1. The van der Waals surface area contributed by atoms with Gasteiger partial charge in [0.05, 0.1) is 12.2 Å². The Morgan fingerprint density at radius 3 is 2.36 bits per heavy atom. The molecule has 2 saturated heterocycles. The number of hydrogen-bond acceptors (Lipinski definition) is 3. The highest BCUT2D eigenvalue weighted by molar-refractivity contribution is 5.28. The monoisotopic (exact) mass is 458 g/mol. The van der Waals surface area contributed by atoms with Crippen molar-refractivity contribution in [2.75, 3.05) is 0 Å². The highest BCUT2D eigenvalue weighted by atomic mass is 16.8. The smallest absolute Gasteiger partial charge is 0.163 e. The van der Waals surface area contributed by atoms with Crippen molar-refractivity contribution in [1.29, 1.82) is 0 Å². The van der Waals surface area contributed by atoms with Crippen LogP contribution >= 0.6 is 0 Å². The molecule has 0 radical (unpaired) electrons. The van der Waals surface area contributed by atoms with Crippen LogP contribution in [0.2, 0.25) is 0 Å². The van der Waals surface area contributed by atoms with Gasteiger partial charge in [0.1, 0.15) is 11.7 Å². The van der Waals surface area contributed by atoms with Crippen molar-refractivity contribution >= 4 is 0 Å². The van der Waals surface area contributed by atoms with Crippen LogP contribution in [0, 0.1) is 46.3 Å². The topological polar surface area (TPSA) is 31.0 Å². The Morgan fingerprint density at radius 1 is 0.818 bits per heavy atom. The molecule has 0 aromatic heterocycles. The zero-order valence-corrected chi connectivity index (χ0v) is 22.5. The van der Waals surface area contributed by atoms with Gasteiger partial charge in [-0.2, -0.15) is 0 Å². The fraction of sp³-hybridized carbons (Fsp3) is 1.00. The van der Waals surface area contributed by atoms with Crippen LogP contribution in [0.4, 0.5) is 0 Å². The van der Waals surface area contributed by atoms with Crippen molar-refractivity contribution < 1.29 is 14.2 Å². The Labute approximate surface area is 203 Å². The first-order valence-electron chi connectivity index (χ1n) is 14.6. The summed E-state index contributed by atoms with van der Waals surface area (Å²) < 4.78 is 19.7. The van der Waals surface area contributed by atoms with Gasteiger partial charge < -0.3 is 14.2 Å². The molecule has 0 aromatic rings. The second-order valence-electron chi connectivity index (χ2n) is 14.6. The van der Waals surface area contributed by atoms with Gasteiger partial charge in [0.2, 0.25) is 0 Å². The predicted octanol–water partition coefficient (Wildman–Crippen LogP) is 7.37. The van der Waals surface area contributed by atoms with Crippen molar-refractivity contribution in [2.24, 2.45) is 46.3 Å². The Kier molecular flexibility index (Phi) is 5.26. The highest BCUT2D eigenvalue weighted by Gasteiger charge is 2.81. The molecule has 33 heavy (non-hydrogen) atoms. The molecule has 0 aromatic carbocycles. The van der Waals surface area contributed by atoms with Crippen LogP contribution in [0.5, 0.6) is 0 Å². The number of ether oxygens (including phenoxy) is 3. The summed E-state index contributed by atoms with van der Waals surface area (Å²) in [6.45, 7) is 16.8. The van der Waals surface area contributed by atoms with Crippen LogP contribution in [0.25, 0.3) is 0 Å². The molecule has 4 saturated carbocycles. The van der Waals surface area contributed by atoms with E-state index in [9.17, 15) is 0 Å². The third-order valence-electron chi connectivity index (χ3n) is 12.1. The molecular formula is C30H50O3. The van der Waals surface area contributed by atoms with Gasteiger partial charge in [-0.05, 0) is 99.7 Å². The van der Waals surface area contributed by atoms with Crippen LogP contribution in [0.15, 0.2) is 0 Å². The fourth-order valence-electron chi connectivity index (χ4n) is 10.7. The molecule has 2 heterocycles. The fourth-order valence-corrected chi connectivity index (χ4v) is 10.7. The van der Waals surface area contributed by atoms with Crippen LogP contribution in [-0.4, -0.2) is 29.7 Å². The van der Waals surface area contributed by atoms with E-state index in [0.717, 1.165) is 41.9 Å². The standard InChI is InChI=1S/C30H50O3/c1-18(2)9-8-10-19(3)21-11-12-22-20-17-25-30(32-25)26-24(31-27(4,5)33-26)14-16-29(30,7)23(20)13-15-28(21,22)6/h18-26H,8-17H2,1-7H3/t19-,20-,21-,22+,23-,24+,25-,26+,28+,29+,30+/m0/s1. The minimum atomic E-state index is -0.460. The Bertz CT molecular complexity index is 777. The van der Waals surface area contributed by atoms with E-state index in [-0.39, 0.29) is 23.2 Å². The second-order valence-corrected chi connectivity index (χ2v) is 14.6. The quantitative estimate of drug-likeness (QED) is 0.403. The SMILES string of the molecule is CC(C)CCC[C@H](C)[C@@H]1CC[C@@H]2[C@@H]3C[C@@H]4O[C@@]45[C@@H]4OC(C)(C)O[C@@H]4CC[C@]5(C)[C@H]3CC[C@@]21C. The first-order chi connectivity index (χ1) is 15.5. The lowest BCUT2D eigenvalue weighted by Gasteiger charge is -2.60. The van der Waals surface area contributed by atoms with Crippen molar-refractivity contribution in [1.82, 2.24) is 0 Å². The molecule has 2 aliphatic heterocycles. The average molecular weight is 459 g/mol. The lowest BCUT2D eigenvalue weighted by Crippen LogP contribution is -2.63. The Hall–Kier alpha value is -0.120. The summed E-state index contributed by atoms with van der Waals surface area (Å²) in [6, 6.07) is 0. The second kappa shape index (κ2) is 7.45. The summed E-state index contributed by atoms with van der Waals surface area (Å²) in [5, 5.41) is 0. The lowest BCUT2D eigenvalue weighted by molar-refractivity contribution is -0.166. The minimum absolute atomic E-state index is 0.0687. The molecule has 3 nitrogen and oxygen atoms in total. The van der Waals surface area contributed by atoms with Crippen LogP contribution < -0.4 is 0 Å². The van der Waals surface area contributed by atoms with Gasteiger partial charge in [-0.1, -0.05) is 53.9 Å². The largest absolute Gasteiger partial charge is 0.362 e. The van der Waals surface area contributed by atoms with Crippen molar-refractivity contribution in [3.63, 3.8) is 0 Å². The molecule has 0 bridgehead atoms.